The number of aromatic nitrogens is 2. The molecule has 2 aromatic heterocycles. The smallest absolute Gasteiger partial charge is 0.265 e. The summed E-state index contributed by atoms with van der Waals surface area (Å²) in [6.45, 7) is 4.32. The van der Waals surface area contributed by atoms with E-state index in [-0.39, 0.29) is 5.91 Å². The highest BCUT2D eigenvalue weighted by atomic mass is 32.1. The number of piperidine rings is 1. The molecule has 1 aliphatic rings. The first-order valence-electron chi connectivity index (χ1n) is 7.58. The highest BCUT2D eigenvalue weighted by Crippen LogP contribution is 2.25. The van der Waals surface area contributed by atoms with E-state index in [1.165, 1.54) is 11.3 Å². The number of amides is 1. The van der Waals surface area contributed by atoms with Crippen molar-refractivity contribution >= 4 is 17.2 Å². The van der Waals surface area contributed by atoms with Gasteiger partial charge in [-0.2, -0.15) is 0 Å². The zero-order chi connectivity index (χ0) is 15.5. The van der Waals surface area contributed by atoms with Crippen LogP contribution in [-0.2, 0) is 4.74 Å². The molecule has 2 aromatic rings. The zero-order valence-corrected chi connectivity index (χ0v) is 13.8. The number of methoxy groups -OCH3 is 1. The maximum atomic E-state index is 12.7. The van der Waals surface area contributed by atoms with E-state index in [0.29, 0.717) is 5.92 Å². The summed E-state index contributed by atoms with van der Waals surface area (Å²) in [5.74, 6) is 0.691. The van der Waals surface area contributed by atoms with Crippen molar-refractivity contribution in [2.45, 2.75) is 19.8 Å². The summed E-state index contributed by atoms with van der Waals surface area (Å²) >= 11 is 1.47. The SMILES string of the molecule is COCC1CCN(C(=O)c2sc(-n3cccc3)nc2C)CC1. The van der Waals surface area contributed by atoms with Gasteiger partial charge >= 0.3 is 0 Å². The molecule has 118 valence electrons. The molecule has 1 saturated heterocycles. The van der Waals surface area contributed by atoms with Gasteiger partial charge < -0.3 is 14.2 Å². The monoisotopic (exact) mass is 319 g/mol. The molecule has 0 aliphatic carbocycles. The second kappa shape index (κ2) is 6.62. The number of nitrogens with zero attached hydrogens (tertiary/aromatic N) is 3. The molecule has 3 heterocycles. The predicted molar refractivity (Wildman–Crippen MR) is 86.7 cm³/mol. The van der Waals surface area contributed by atoms with E-state index in [4.69, 9.17) is 4.74 Å². The van der Waals surface area contributed by atoms with E-state index < -0.39 is 0 Å². The number of thiazole rings is 1. The normalized spacial score (nSPS) is 16.2. The lowest BCUT2D eigenvalue weighted by molar-refractivity contribution is 0.0617. The van der Waals surface area contributed by atoms with E-state index in [1.54, 1.807) is 7.11 Å². The third-order valence-corrected chi connectivity index (χ3v) is 5.27. The maximum absolute atomic E-state index is 12.7. The summed E-state index contributed by atoms with van der Waals surface area (Å²) in [5.41, 5.74) is 0.817. The lowest BCUT2D eigenvalue weighted by atomic mass is 9.98. The Bertz CT molecular complexity index is 628. The van der Waals surface area contributed by atoms with E-state index >= 15 is 0 Å². The van der Waals surface area contributed by atoms with Crippen molar-refractivity contribution in [1.82, 2.24) is 14.5 Å². The molecule has 1 fully saturated rings. The van der Waals surface area contributed by atoms with E-state index in [9.17, 15) is 4.79 Å². The zero-order valence-electron chi connectivity index (χ0n) is 13.0. The number of likely N-dealkylation sites (tertiary alicyclic amines) is 1. The van der Waals surface area contributed by atoms with Gasteiger partial charge in [-0.15, -0.1) is 0 Å². The molecule has 0 N–H and O–H groups in total. The van der Waals surface area contributed by atoms with Gasteiger partial charge in [0.25, 0.3) is 5.91 Å². The van der Waals surface area contributed by atoms with Crippen LogP contribution >= 0.6 is 11.3 Å². The van der Waals surface area contributed by atoms with Crippen LogP contribution in [0.25, 0.3) is 5.13 Å². The molecule has 6 heteroatoms. The lowest BCUT2D eigenvalue weighted by Gasteiger charge is -2.31. The predicted octanol–water partition coefficient (Wildman–Crippen LogP) is 2.74. The Hall–Kier alpha value is -1.66. The van der Waals surface area contributed by atoms with Crippen molar-refractivity contribution in [1.29, 1.82) is 0 Å². The van der Waals surface area contributed by atoms with Gasteiger partial charge in [0.05, 0.1) is 5.69 Å². The molecule has 22 heavy (non-hydrogen) atoms. The van der Waals surface area contributed by atoms with Gasteiger partial charge in [-0.05, 0) is 37.8 Å². The largest absolute Gasteiger partial charge is 0.384 e. The average Bonchev–Trinajstić information content (AvgIpc) is 3.17. The van der Waals surface area contributed by atoms with Crippen LogP contribution in [-0.4, -0.2) is 47.2 Å². The van der Waals surface area contributed by atoms with E-state index in [0.717, 1.165) is 48.2 Å². The Morgan fingerprint density at radius 2 is 2.05 bits per heavy atom. The van der Waals surface area contributed by atoms with Crippen LogP contribution in [0.4, 0.5) is 0 Å². The Kier molecular flexibility index (Phi) is 4.59. The van der Waals surface area contributed by atoms with Crippen LogP contribution in [0.1, 0.15) is 28.2 Å². The Balaban J connectivity index is 1.71. The third kappa shape index (κ3) is 3.08. The minimum absolute atomic E-state index is 0.115. The van der Waals surface area contributed by atoms with Crippen molar-refractivity contribution in [3.8, 4) is 5.13 Å². The van der Waals surface area contributed by atoms with Gasteiger partial charge in [0.1, 0.15) is 4.88 Å². The first-order valence-corrected chi connectivity index (χ1v) is 8.39. The van der Waals surface area contributed by atoms with Gasteiger partial charge in [0.2, 0.25) is 0 Å². The van der Waals surface area contributed by atoms with Gasteiger partial charge in [-0.1, -0.05) is 11.3 Å². The minimum atomic E-state index is 0.115. The molecule has 1 aliphatic heterocycles. The van der Waals surface area contributed by atoms with Crippen LogP contribution in [0.2, 0.25) is 0 Å². The third-order valence-electron chi connectivity index (χ3n) is 4.11. The quantitative estimate of drug-likeness (QED) is 0.870. The van der Waals surface area contributed by atoms with Gasteiger partial charge in [0, 0.05) is 39.2 Å². The molecule has 0 atom stereocenters. The van der Waals surface area contributed by atoms with Crippen LogP contribution < -0.4 is 0 Å². The highest BCUT2D eigenvalue weighted by molar-refractivity contribution is 7.16. The molecule has 0 aromatic carbocycles. The topological polar surface area (TPSA) is 47.4 Å². The fraction of sp³-hybridized carbons (Fsp3) is 0.500. The molecule has 1 amide bonds. The highest BCUT2D eigenvalue weighted by Gasteiger charge is 2.26. The first kappa shape index (κ1) is 15.2. The number of aryl methyl sites for hydroxylation is 1. The van der Waals surface area contributed by atoms with E-state index in [2.05, 4.69) is 4.98 Å². The van der Waals surface area contributed by atoms with E-state index in [1.807, 2.05) is 40.9 Å². The van der Waals surface area contributed by atoms with Crippen molar-refractivity contribution in [2.75, 3.05) is 26.8 Å². The second-order valence-electron chi connectivity index (χ2n) is 5.69. The lowest BCUT2D eigenvalue weighted by Crippen LogP contribution is -2.39. The maximum Gasteiger partial charge on any atom is 0.265 e. The molecule has 0 unspecified atom stereocenters. The van der Waals surface area contributed by atoms with Crippen molar-refractivity contribution < 1.29 is 9.53 Å². The van der Waals surface area contributed by atoms with Gasteiger partial charge in [-0.25, -0.2) is 4.98 Å². The number of hydrogen-bond donors (Lipinski definition) is 0. The number of carbonyl (C=O) groups is 1. The van der Waals surface area contributed by atoms with Crippen molar-refractivity contribution in [3.63, 3.8) is 0 Å². The van der Waals surface area contributed by atoms with Gasteiger partial charge in [-0.3, -0.25) is 4.79 Å². The molecular weight excluding hydrogens is 298 g/mol. The Morgan fingerprint density at radius 1 is 1.36 bits per heavy atom. The molecule has 0 bridgehead atoms. The standard InChI is InChI=1S/C16H21N3O2S/c1-12-14(22-16(17-12)19-7-3-4-8-19)15(20)18-9-5-13(6-10-18)11-21-2/h3-4,7-8,13H,5-6,9-11H2,1-2H3. The Morgan fingerprint density at radius 3 is 2.68 bits per heavy atom. The minimum Gasteiger partial charge on any atom is -0.384 e. The fourth-order valence-corrected chi connectivity index (χ4v) is 3.84. The average molecular weight is 319 g/mol. The summed E-state index contributed by atoms with van der Waals surface area (Å²) in [5, 5.41) is 0.847. The number of rotatable bonds is 4. The van der Waals surface area contributed by atoms with Crippen LogP contribution in [0.3, 0.4) is 0 Å². The number of ether oxygens (including phenoxy) is 1. The number of carbonyl (C=O) groups excluding carboxylic acids is 1. The molecular formula is C16H21N3O2S. The van der Waals surface area contributed by atoms with Crippen LogP contribution in [0.15, 0.2) is 24.5 Å². The summed E-state index contributed by atoms with van der Waals surface area (Å²) in [7, 11) is 1.74. The summed E-state index contributed by atoms with van der Waals surface area (Å²) in [4.78, 5) is 20.0. The molecule has 0 spiro atoms. The molecule has 3 rings (SSSR count). The Labute approximate surface area is 134 Å². The second-order valence-corrected chi connectivity index (χ2v) is 6.67. The summed E-state index contributed by atoms with van der Waals surface area (Å²) < 4.78 is 7.16. The molecule has 5 nitrogen and oxygen atoms in total. The van der Waals surface area contributed by atoms with Crippen LogP contribution in [0.5, 0.6) is 0 Å². The molecule has 0 radical (unpaired) electrons. The summed E-state index contributed by atoms with van der Waals surface area (Å²) in [6.07, 6.45) is 5.93. The first-order chi connectivity index (χ1) is 10.7. The summed E-state index contributed by atoms with van der Waals surface area (Å²) in [6, 6.07) is 3.91. The van der Waals surface area contributed by atoms with Gasteiger partial charge in [0.15, 0.2) is 5.13 Å². The molecule has 0 saturated carbocycles. The fourth-order valence-electron chi connectivity index (χ4n) is 2.84. The van der Waals surface area contributed by atoms with Crippen LogP contribution in [0, 0.1) is 12.8 Å². The number of hydrogen-bond acceptors (Lipinski definition) is 4. The van der Waals surface area contributed by atoms with Crippen molar-refractivity contribution in [3.05, 3.63) is 35.1 Å². The van der Waals surface area contributed by atoms with Crippen molar-refractivity contribution in [2.24, 2.45) is 5.92 Å².